The minimum Gasteiger partial charge on any atom is -0.469 e. The highest BCUT2D eigenvalue weighted by Gasteiger charge is 2.21. The smallest absolute Gasteiger partial charge is 0.310 e. The molecule has 0 aliphatic carbocycles. The van der Waals surface area contributed by atoms with E-state index < -0.39 is 5.92 Å². The van der Waals surface area contributed by atoms with E-state index in [0.29, 0.717) is 4.88 Å². The summed E-state index contributed by atoms with van der Waals surface area (Å²) in [5.41, 5.74) is 0. The minimum atomic E-state index is -0.393. The van der Waals surface area contributed by atoms with Crippen LogP contribution in [0.3, 0.4) is 0 Å². The van der Waals surface area contributed by atoms with E-state index in [2.05, 4.69) is 4.74 Å². The van der Waals surface area contributed by atoms with Crippen molar-refractivity contribution >= 4 is 33.3 Å². The fourth-order valence-electron chi connectivity index (χ4n) is 2.07. The van der Waals surface area contributed by atoms with E-state index >= 15 is 0 Å². The quantitative estimate of drug-likeness (QED) is 0.816. The van der Waals surface area contributed by atoms with E-state index in [-0.39, 0.29) is 24.2 Å². The number of methoxy groups -OCH3 is 1. The van der Waals surface area contributed by atoms with E-state index in [1.165, 1.54) is 35.5 Å². The summed E-state index contributed by atoms with van der Waals surface area (Å²) in [6.45, 7) is 1.98. The number of halogens is 1. The van der Waals surface area contributed by atoms with Gasteiger partial charge < -0.3 is 9.64 Å². The molecule has 112 valence electrons. The Hall–Kier alpha value is -1.95. The molecule has 0 aliphatic heterocycles. The van der Waals surface area contributed by atoms with Gasteiger partial charge in [0, 0.05) is 18.3 Å². The van der Waals surface area contributed by atoms with Gasteiger partial charge in [-0.15, -0.1) is 11.3 Å². The summed E-state index contributed by atoms with van der Waals surface area (Å²) in [5.74, 6) is -1.26. The number of ether oxygens (including phenoxy) is 1. The van der Waals surface area contributed by atoms with Crippen molar-refractivity contribution in [2.45, 2.75) is 6.92 Å². The Bertz CT molecular complexity index is 683. The topological polar surface area (TPSA) is 46.6 Å². The molecule has 0 fully saturated rings. The van der Waals surface area contributed by atoms with E-state index in [1.54, 1.807) is 26.1 Å². The van der Waals surface area contributed by atoms with Gasteiger partial charge in [-0.1, -0.05) is 13.0 Å². The van der Waals surface area contributed by atoms with E-state index in [9.17, 15) is 14.0 Å². The van der Waals surface area contributed by atoms with Gasteiger partial charge >= 0.3 is 5.97 Å². The largest absolute Gasteiger partial charge is 0.469 e. The molecule has 21 heavy (non-hydrogen) atoms. The molecule has 0 N–H and O–H groups in total. The number of fused-ring (bicyclic) bond motifs is 1. The molecule has 1 aromatic heterocycles. The number of carbonyl (C=O) groups is 2. The predicted octanol–water partition coefficient (Wildman–Crippen LogP) is 2.92. The number of nitrogens with zero attached hydrogens (tertiary/aromatic N) is 1. The molecule has 0 radical (unpaired) electrons. The van der Waals surface area contributed by atoms with Crippen molar-refractivity contribution in [3.63, 3.8) is 0 Å². The van der Waals surface area contributed by atoms with Gasteiger partial charge in [0.05, 0.1) is 17.9 Å². The molecule has 0 saturated heterocycles. The first-order chi connectivity index (χ1) is 9.92. The fraction of sp³-hybridized carbons (Fsp3) is 0.333. The highest BCUT2D eigenvalue weighted by molar-refractivity contribution is 7.20. The van der Waals surface area contributed by atoms with Crippen molar-refractivity contribution in [2.75, 3.05) is 20.7 Å². The van der Waals surface area contributed by atoms with Crippen molar-refractivity contribution in [1.82, 2.24) is 4.90 Å². The molecular weight excluding hydrogens is 293 g/mol. The monoisotopic (exact) mass is 309 g/mol. The zero-order valence-corrected chi connectivity index (χ0v) is 12.9. The highest BCUT2D eigenvalue weighted by atomic mass is 32.1. The summed E-state index contributed by atoms with van der Waals surface area (Å²) < 4.78 is 18.5. The number of benzene rings is 1. The average molecular weight is 309 g/mol. The Labute approximate surface area is 126 Å². The van der Waals surface area contributed by atoms with Crippen LogP contribution < -0.4 is 0 Å². The molecule has 0 aliphatic rings. The van der Waals surface area contributed by atoms with Crippen molar-refractivity contribution in [3.05, 3.63) is 35.0 Å². The molecular formula is C15H16FNO3S. The number of esters is 1. The molecule has 2 aromatic rings. The Morgan fingerprint density at radius 1 is 1.38 bits per heavy atom. The van der Waals surface area contributed by atoms with Crippen molar-refractivity contribution < 1.29 is 18.7 Å². The zero-order valence-electron chi connectivity index (χ0n) is 12.1. The van der Waals surface area contributed by atoms with E-state index in [1.807, 2.05) is 0 Å². The molecule has 0 spiro atoms. The number of carbonyl (C=O) groups excluding carboxylic acids is 2. The third kappa shape index (κ3) is 3.39. The standard InChI is InChI=1S/C15H16FNO3S/c1-9(15(19)20-3)8-17(2)14(18)13-6-10-4-5-11(16)7-12(10)21-13/h4-7,9H,8H2,1-3H3. The van der Waals surface area contributed by atoms with Crippen LogP contribution in [0.15, 0.2) is 24.3 Å². The summed E-state index contributed by atoms with van der Waals surface area (Å²) in [7, 11) is 2.95. The van der Waals surface area contributed by atoms with Gasteiger partial charge in [-0.05, 0) is 23.6 Å². The summed E-state index contributed by atoms with van der Waals surface area (Å²) in [6.07, 6.45) is 0. The summed E-state index contributed by atoms with van der Waals surface area (Å²) in [4.78, 5) is 25.7. The first-order valence-electron chi connectivity index (χ1n) is 6.44. The molecule has 1 heterocycles. The molecule has 0 saturated carbocycles. The fourth-order valence-corrected chi connectivity index (χ4v) is 3.15. The molecule has 4 nitrogen and oxygen atoms in total. The second-order valence-corrected chi connectivity index (χ2v) is 5.99. The lowest BCUT2D eigenvalue weighted by atomic mass is 10.1. The highest BCUT2D eigenvalue weighted by Crippen LogP contribution is 2.27. The first-order valence-corrected chi connectivity index (χ1v) is 7.26. The molecule has 2 rings (SSSR count). The number of amides is 1. The number of rotatable bonds is 4. The summed E-state index contributed by atoms with van der Waals surface area (Å²) in [5, 5.41) is 0.833. The van der Waals surface area contributed by atoms with Crippen LogP contribution >= 0.6 is 11.3 Å². The van der Waals surface area contributed by atoms with Gasteiger partial charge in [0.2, 0.25) is 0 Å². The number of hydrogen-bond acceptors (Lipinski definition) is 4. The minimum absolute atomic E-state index is 0.188. The van der Waals surface area contributed by atoms with Crippen LogP contribution in [0.2, 0.25) is 0 Å². The zero-order chi connectivity index (χ0) is 15.6. The molecule has 1 unspecified atom stereocenters. The Morgan fingerprint density at radius 3 is 2.76 bits per heavy atom. The van der Waals surface area contributed by atoms with Crippen LogP contribution in [-0.2, 0) is 9.53 Å². The lowest BCUT2D eigenvalue weighted by Gasteiger charge is -2.19. The first kappa shape index (κ1) is 15.4. The van der Waals surface area contributed by atoms with Crippen molar-refractivity contribution in [2.24, 2.45) is 5.92 Å². The van der Waals surface area contributed by atoms with Gasteiger partial charge in [0.15, 0.2) is 0 Å². The second-order valence-electron chi connectivity index (χ2n) is 4.90. The van der Waals surface area contributed by atoms with Gasteiger partial charge in [0.1, 0.15) is 5.82 Å². The van der Waals surface area contributed by atoms with Crippen molar-refractivity contribution in [3.8, 4) is 0 Å². The molecule has 1 aromatic carbocycles. The van der Waals surface area contributed by atoms with Gasteiger partial charge in [0.25, 0.3) is 5.91 Å². The molecule has 6 heteroatoms. The van der Waals surface area contributed by atoms with Gasteiger partial charge in [-0.3, -0.25) is 9.59 Å². The van der Waals surface area contributed by atoms with Crippen LogP contribution in [0, 0.1) is 11.7 Å². The molecule has 1 amide bonds. The van der Waals surface area contributed by atoms with Gasteiger partial charge in [-0.2, -0.15) is 0 Å². The molecule has 1 atom stereocenters. The summed E-state index contributed by atoms with van der Waals surface area (Å²) >= 11 is 1.24. The Morgan fingerprint density at radius 2 is 2.10 bits per heavy atom. The third-order valence-electron chi connectivity index (χ3n) is 3.19. The maximum Gasteiger partial charge on any atom is 0.310 e. The lowest BCUT2D eigenvalue weighted by molar-refractivity contribution is -0.145. The van der Waals surface area contributed by atoms with Crippen LogP contribution in [-0.4, -0.2) is 37.5 Å². The van der Waals surface area contributed by atoms with Crippen LogP contribution in [0.1, 0.15) is 16.6 Å². The Balaban J connectivity index is 2.15. The third-order valence-corrected chi connectivity index (χ3v) is 4.28. The number of hydrogen-bond donors (Lipinski definition) is 0. The lowest BCUT2D eigenvalue weighted by Crippen LogP contribution is -2.33. The van der Waals surface area contributed by atoms with Crippen LogP contribution in [0.5, 0.6) is 0 Å². The second kappa shape index (κ2) is 6.22. The number of thiophene rings is 1. The van der Waals surface area contributed by atoms with Crippen LogP contribution in [0.25, 0.3) is 10.1 Å². The van der Waals surface area contributed by atoms with Crippen LogP contribution in [0.4, 0.5) is 4.39 Å². The maximum atomic E-state index is 13.2. The molecule has 0 bridgehead atoms. The average Bonchev–Trinajstić information content (AvgIpc) is 2.88. The maximum absolute atomic E-state index is 13.2. The predicted molar refractivity (Wildman–Crippen MR) is 79.9 cm³/mol. The normalized spacial score (nSPS) is 12.2. The summed E-state index contributed by atoms with van der Waals surface area (Å²) in [6, 6.07) is 6.16. The van der Waals surface area contributed by atoms with Gasteiger partial charge in [-0.25, -0.2) is 4.39 Å². The Kier molecular flexibility index (Phi) is 4.57. The SMILES string of the molecule is COC(=O)C(C)CN(C)C(=O)c1cc2ccc(F)cc2s1. The van der Waals surface area contributed by atoms with E-state index in [4.69, 9.17) is 0 Å². The van der Waals surface area contributed by atoms with Crippen molar-refractivity contribution in [1.29, 1.82) is 0 Å². The van der Waals surface area contributed by atoms with E-state index in [0.717, 1.165) is 10.1 Å².